The van der Waals surface area contributed by atoms with Gasteiger partial charge in [0.15, 0.2) is 0 Å². The van der Waals surface area contributed by atoms with Gasteiger partial charge < -0.3 is 15.0 Å². The molecule has 0 bridgehead atoms. The molecule has 9 nitrogen and oxygen atoms in total. The Hall–Kier alpha value is -3.28. The van der Waals surface area contributed by atoms with Crippen LogP contribution in [-0.2, 0) is 10.0 Å². The van der Waals surface area contributed by atoms with E-state index in [1.165, 1.54) is 13.2 Å². The van der Waals surface area contributed by atoms with E-state index in [1.54, 1.807) is 24.5 Å². The van der Waals surface area contributed by atoms with Gasteiger partial charge >= 0.3 is 0 Å². The molecule has 2 aromatic heterocycles. The average molecular weight is 561 g/mol. The number of hydrogen-bond donors (Lipinski definition) is 2. The van der Waals surface area contributed by atoms with Gasteiger partial charge in [-0.25, -0.2) is 22.8 Å². The number of benzene rings is 1. The standard InChI is InChI=1S/C26H30ClFN6O3S/c1-34(2)21-10-8-20(9-11-21)31-26-29-15-17(16-30-26)4-5-18-6-13-24(32-25(18)37-3)33-38(35,36)23-12-7-19(28)14-22(23)27/h4-7,12-16,20-21H,8-11H2,1-3H3,(H,32,33)(H,29,30,31)/b5-4+/t20-,21-. The highest BCUT2D eigenvalue weighted by Crippen LogP contribution is 2.27. The van der Waals surface area contributed by atoms with Crippen LogP contribution in [0.25, 0.3) is 12.2 Å². The van der Waals surface area contributed by atoms with Crippen LogP contribution < -0.4 is 14.8 Å². The monoisotopic (exact) mass is 560 g/mol. The molecule has 0 unspecified atom stereocenters. The fraction of sp³-hybridized carbons (Fsp3) is 0.346. The highest BCUT2D eigenvalue weighted by Gasteiger charge is 2.23. The van der Waals surface area contributed by atoms with Crippen LogP contribution >= 0.6 is 11.6 Å². The molecule has 1 aliphatic carbocycles. The number of ether oxygens (including phenoxy) is 1. The van der Waals surface area contributed by atoms with Gasteiger partial charge in [0.25, 0.3) is 10.0 Å². The molecule has 1 aromatic carbocycles. The van der Waals surface area contributed by atoms with Gasteiger partial charge in [-0.3, -0.25) is 4.72 Å². The van der Waals surface area contributed by atoms with Crippen LogP contribution in [0.5, 0.6) is 5.88 Å². The summed E-state index contributed by atoms with van der Waals surface area (Å²) in [7, 11) is 1.60. The number of anilines is 2. The van der Waals surface area contributed by atoms with Crippen molar-refractivity contribution < 1.29 is 17.5 Å². The highest BCUT2D eigenvalue weighted by molar-refractivity contribution is 7.92. The van der Waals surface area contributed by atoms with Gasteiger partial charge in [0.1, 0.15) is 16.5 Å². The topological polar surface area (TPSA) is 109 Å². The minimum atomic E-state index is -4.08. The summed E-state index contributed by atoms with van der Waals surface area (Å²) in [5, 5.41) is 3.19. The Morgan fingerprint density at radius 3 is 2.42 bits per heavy atom. The van der Waals surface area contributed by atoms with Crippen molar-refractivity contribution in [2.45, 2.75) is 42.7 Å². The van der Waals surface area contributed by atoms with Crippen LogP contribution in [0.15, 0.2) is 47.6 Å². The molecule has 1 saturated carbocycles. The Kier molecular flexibility index (Phi) is 8.80. The van der Waals surface area contributed by atoms with Crippen LogP contribution in [-0.4, -0.2) is 61.6 Å². The zero-order chi connectivity index (χ0) is 27.3. The molecule has 2 heterocycles. The summed E-state index contributed by atoms with van der Waals surface area (Å²) in [5.74, 6) is 0.202. The smallest absolute Gasteiger partial charge is 0.264 e. The van der Waals surface area contributed by atoms with Crippen molar-refractivity contribution in [1.82, 2.24) is 19.9 Å². The molecule has 0 radical (unpaired) electrons. The van der Waals surface area contributed by atoms with Crippen molar-refractivity contribution in [3.8, 4) is 5.88 Å². The number of sulfonamides is 1. The van der Waals surface area contributed by atoms with E-state index in [0.717, 1.165) is 49.4 Å². The Morgan fingerprint density at radius 1 is 1.08 bits per heavy atom. The third kappa shape index (κ3) is 6.97. The van der Waals surface area contributed by atoms with E-state index in [9.17, 15) is 12.8 Å². The number of nitrogens with zero attached hydrogens (tertiary/aromatic N) is 4. The molecule has 38 heavy (non-hydrogen) atoms. The number of aromatic nitrogens is 3. The third-order valence-electron chi connectivity index (χ3n) is 6.39. The lowest BCUT2D eigenvalue weighted by Gasteiger charge is -2.32. The summed E-state index contributed by atoms with van der Waals surface area (Å²) in [5.41, 5.74) is 1.40. The molecule has 0 aliphatic heterocycles. The van der Waals surface area contributed by atoms with Crippen molar-refractivity contribution >= 4 is 45.5 Å². The number of rotatable bonds is 9. The fourth-order valence-electron chi connectivity index (χ4n) is 4.29. The Balaban J connectivity index is 1.40. The van der Waals surface area contributed by atoms with Crippen molar-refractivity contribution in [3.05, 3.63) is 64.7 Å². The van der Waals surface area contributed by atoms with Gasteiger partial charge in [-0.2, -0.15) is 4.98 Å². The lowest BCUT2D eigenvalue weighted by Crippen LogP contribution is -2.36. The first-order valence-corrected chi connectivity index (χ1v) is 14.0. The summed E-state index contributed by atoms with van der Waals surface area (Å²) < 4.78 is 46.4. The molecular formula is C26H30ClFN6O3S. The van der Waals surface area contributed by atoms with Crippen LogP contribution in [0.3, 0.4) is 0 Å². The normalized spacial score (nSPS) is 18.1. The molecular weight excluding hydrogens is 531 g/mol. The largest absolute Gasteiger partial charge is 0.481 e. The first-order valence-electron chi connectivity index (χ1n) is 12.1. The zero-order valence-corrected chi connectivity index (χ0v) is 22.9. The van der Waals surface area contributed by atoms with E-state index >= 15 is 0 Å². The number of methoxy groups -OCH3 is 1. The van der Waals surface area contributed by atoms with Crippen LogP contribution in [0, 0.1) is 5.82 Å². The molecule has 3 aromatic rings. The molecule has 0 amide bonds. The van der Waals surface area contributed by atoms with Crippen molar-refractivity contribution in [1.29, 1.82) is 0 Å². The minimum Gasteiger partial charge on any atom is -0.481 e. The molecule has 1 fully saturated rings. The molecule has 4 rings (SSSR count). The van der Waals surface area contributed by atoms with Crippen LogP contribution in [0.1, 0.15) is 36.8 Å². The van der Waals surface area contributed by atoms with Crippen molar-refractivity contribution in [3.63, 3.8) is 0 Å². The Labute approximate surface area is 227 Å². The van der Waals surface area contributed by atoms with E-state index in [2.05, 4.69) is 44.0 Å². The molecule has 2 N–H and O–H groups in total. The van der Waals surface area contributed by atoms with E-state index in [4.69, 9.17) is 16.3 Å². The predicted octanol–water partition coefficient (Wildman–Crippen LogP) is 4.93. The lowest BCUT2D eigenvalue weighted by molar-refractivity contribution is 0.221. The summed E-state index contributed by atoms with van der Waals surface area (Å²) in [6.07, 6.45) is 11.5. The van der Waals surface area contributed by atoms with Gasteiger partial charge in [0.05, 0.1) is 12.1 Å². The van der Waals surface area contributed by atoms with Crippen LogP contribution in [0.2, 0.25) is 5.02 Å². The maximum Gasteiger partial charge on any atom is 0.264 e. The second kappa shape index (κ2) is 12.1. The van der Waals surface area contributed by atoms with Gasteiger partial charge in [0, 0.05) is 35.6 Å². The lowest BCUT2D eigenvalue weighted by atomic mass is 9.91. The van der Waals surface area contributed by atoms with E-state index in [1.807, 2.05) is 6.08 Å². The third-order valence-corrected chi connectivity index (χ3v) is 8.23. The molecule has 12 heteroatoms. The van der Waals surface area contributed by atoms with Crippen molar-refractivity contribution in [2.75, 3.05) is 31.2 Å². The second-order valence-corrected chi connectivity index (χ2v) is 11.3. The molecule has 0 atom stereocenters. The summed E-state index contributed by atoms with van der Waals surface area (Å²) in [4.78, 5) is 15.1. The summed E-state index contributed by atoms with van der Waals surface area (Å²) in [6, 6.07) is 7.20. The number of nitrogens with one attached hydrogen (secondary N) is 2. The summed E-state index contributed by atoms with van der Waals surface area (Å²) in [6.45, 7) is 0. The SMILES string of the molecule is COc1nc(NS(=O)(=O)c2ccc(F)cc2Cl)ccc1/C=C/c1cnc(N[C@H]2CC[C@H](N(C)C)CC2)nc1. The van der Waals surface area contributed by atoms with E-state index < -0.39 is 15.8 Å². The number of halogens is 2. The van der Waals surface area contributed by atoms with Crippen molar-refractivity contribution in [2.24, 2.45) is 0 Å². The van der Waals surface area contributed by atoms with Gasteiger partial charge in [0.2, 0.25) is 11.8 Å². The molecule has 0 spiro atoms. The second-order valence-electron chi connectivity index (χ2n) is 9.26. The quantitative estimate of drug-likeness (QED) is 0.379. The number of pyridine rings is 1. The molecule has 1 aliphatic rings. The highest BCUT2D eigenvalue weighted by atomic mass is 35.5. The summed E-state index contributed by atoms with van der Waals surface area (Å²) >= 11 is 5.91. The first kappa shape index (κ1) is 27.7. The number of hydrogen-bond acceptors (Lipinski definition) is 8. The average Bonchev–Trinajstić information content (AvgIpc) is 2.88. The fourth-order valence-corrected chi connectivity index (χ4v) is 5.82. The minimum absolute atomic E-state index is 0.0257. The van der Waals surface area contributed by atoms with E-state index in [-0.39, 0.29) is 21.6 Å². The Morgan fingerprint density at radius 2 is 1.79 bits per heavy atom. The Bertz CT molecular complexity index is 1390. The zero-order valence-electron chi connectivity index (χ0n) is 21.4. The van der Waals surface area contributed by atoms with E-state index in [0.29, 0.717) is 23.6 Å². The predicted molar refractivity (Wildman–Crippen MR) is 147 cm³/mol. The maximum absolute atomic E-state index is 13.3. The molecule has 202 valence electrons. The first-order chi connectivity index (χ1) is 18.1. The van der Waals surface area contributed by atoms with Gasteiger partial charge in [-0.15, -0.1) is 0 Å². The van der Waals surface area contributed by atoms with Gasteiger partial charge in [-0.05, 0) is 76.2 Å². The maximum atomic E-state index is 13.3. The molecule has 0 saturated heterocycles. The van der Waals surface area contributed by atoms with Crippen LogP contribution in [0.4, 0.5) is 16.2 Å². The van der Waals surface area contributed by atoms with Gasteiger partial charge in [-0.1, -0.05) is 17.7 Å².